The molecule has 4 aromatic carbocycles. The van der Waals surface area contributed by atoms with Crippen molar-refractivity contribution in [2.75, 3.05) is 55.6 Å². The third kappa shape index (κ3) is 7.78. The summed E-state index contributed by atoms with van der Waals surface area (Å²) >= 11 is 7.11. The first-order valence-electron chi connectivity index (χ1n) is 12.3. The molecule has 8 nitrogen and oxygen atoms in total. The minimum atomic E-state index is 0.209. The van der Waals surface area contributed by atoms with Crippen LogP contribution in [0.2, 0.25) is 0 Å². The number of methoxy groups -OCH3 is 4. The number of ether oxygens (including phenoxy) is 8. The van der Waals surface area contributed by atoms with Gasteiger partial charge < -0.3 is 37.9 Å². The molecule has 0 aromatic heterocycles. The number of benzene rings is 4. The highest BCUT2D eigenvalue weighted by molar-refractivity contribution is 9.11. The second-order valence-corrected chi connectivity index (χ2v) is 10.1. The predicted molar refractivity (Wildman–Crippen MR) is 163 cm³/mol. The highest BCUT2D eigenvalue weighted by atomic mass is 79.9. The number of halogens is 2. The lowest BCUT2D eigenvalue weighted by molar-refractivity contribution is 0.0503. The van der Waals surface area contributed by atoms with E-state index in [4.69, 9.17) is 37.9 Å². The summed E-state index contributed by atoms with van der Waals surface area (Å²) in [4.78, 5) is 0. The van der Waals surface area contributed by atoms with Gasteiger partial charge in [0.1, 0.15) is 23.0 Å². The first-order valence-corrected chi connectivity index (χ1v) is 13.9. The first-order chi connectivity index (χ1) is 19.4. The highest BCUT2D eigenvalue weighted by Gasteiger charge is 2.12. The van der Waals surface area contributed by atoms with Crippen LogP contribution in [0.3, 0.4) is 0 Å². The number of rotatable bonds is 12. The zero-order chi connectivity index (χ0) is 29.1. The van der Waals surface area contributed by atoms with Gasteiger partial charge in [-0.2, -0.15) is 0 Å². The van der Waals surface area contributed by atoms with E-state index in [0.29, 0.717) is 0 Å². The fourth-order valence-electron chi connectivity index (χ4n) is 3.98. The lowest BCUT2D eigenvalue weighted by Gasteiger charge is -2.14. The minimum Gasteiger partial charge on any atom is -0.467 e. The SMILES string of the molecule is COCOc1ccc2c(Br)c(OCOC)ccc2c1Br.COCOc1ccc2c(C)c(OCOC)ccc2c1C. The summed E-state index contributed by atoms with van der Waals surface area (Å²) < 4.78 is 43.6. The Morgan fingerprint density at radius 2 is 0.700 bits per heavy atom. The van der Waals surface area contributed by atoms with Crippen LogP contribution in [-0.2, 0) is 18.9 Å². The van der Waals surface area contributed by atoms with Crippen molar-refractivity contribution in [1.29, 1.82) is 0 Å². The number of aryl methyl sites for hydroxylation is 2. The zero-order valence-electron chi connectivity index (χ0n) is 23.5. The molecule has 216 valence electrons. The van der Waals surface area contributed by atoms with Crippen LogP contribution in [0, 0.1) is 13.8 Å². The summed E-state index contributed by atoms with van der Waals surface area (Å²) in [6.07, 6.45) is 0. The Morgan fingerprint density at radius 1 is 0.425 bits per heavy atom. The van der Waals surface area contributed by atoms with Gasteiger partial charge in [0.25, 0.3) is 0 Å². The molecule has 0 radical (unpaired) electrons. The Labute approximate surface area is 251 Å². The Kier molecular flexibility index (Phi) is 12.8. The molecule has 0 saturated heterocycles. The minimum absolute atomic E-state index is 0.209. The van der Waals surface area contributed by atoms with Crippen molar-refractivity contribution in [1.82, 2.24) is 0 Å². The first kappa shape index (κ1) is 31.9. The quantitative estimate of drug-likeness (QED) is 0.141. The van der Waals surface area contributed by atoms with Gasteiger partial charge in [0.15, 0.2) is 27.2 Å². The molecule has 0 fully saturated rings. The van der Waals surface area contributed by atoms with E-state index in [2.05, 4.69) is 31.9 Å². The van der Waals surface area contributed by atoms with Gasteiger partial charge in [0, 0.05) is 39.2 Å². The molecule has 10 heteroatoms. The van der Waals surface area contributed by atoms with Crippen LogP contribution in [-0.4, -0.2) is 55.6 Å². The molecule has 0 spiro atoms. The van der Waals surface area contributed by atoms with Gasteiger partial charge in [-0.05, 0) is 104 Å². The highest BCUT2D eigenvalue weighted by Crippen LogP contribution is 2.40. The maximum atomic E-state index is 5.56. The molecule has 4 aromatic rings. The summed E-state index contributed by atoms with van der Waals surface area (Å²) in [5.41, 5.74) is 2.20. The maximum absolute atomic E-state index is 5.56. The largest absolute Gasteiger partial charge is 0.467 e. The molecule has 4 rings (SSSR count). The molecule has 0 unspecified atom stereocenters. The average Bonchev–Trinajstić information content (AvgIpc) is 2.96. The predicted octanol–water partition coefficient (Wildman–Crippen LogP) is 7.75. The normalized spacial score (nSPS) is 10.8. The van der Waals surface area contributed by atoms with E-state index >= 15 is 0 Å². The van der Waals surface area contributed by atoms with Gasteiger partial charge in [-0.25, -0.2) is 0 Å². The van der Waals surface area contributed by atoms with Gasteiger partial charge in [-0.3, -0.25) is 0 Å². The average molecular weight is 682 g/mol. The molecule has 0 aliphatic carbocycles. The van der Waals surface area contributed by atoms with Crippen molar-refractivity contribution in [3.63, 3.8) is 0 Å². The van der Waals surface area contributed by atoms with Crippen molar-refractivity contribution in [3.8, 4) is 23.0 Å². The van der Waals surface area contributed by atoms with Crippen molar-refractivity contribution >= 4 is 53.4 Å². The van der Waals surface area contributed by atoms with E-state index in [-0.39, 0.29) is 27.2 Å². The molecule has 0 heterocycles. The van der Waals surface area contributed by atoms with E-state index in [9.17, 15) is 0 Å². The van der Waals surface area contributed by atoms with E-state index in [1.54, 1.807) is 28.4 Å². The van der Waals surface area contributed by atoms with Crippen LogP contribution in [0.4, 0.5) is 0 Å². The van der Waals surface area contributed by atoms with E-state index in [1.807, 2.05) is 62.4 Å². The Bertz CT molecular complexity index is 1200. The van der Waals surface area contributed by atoms with E-state index in [0.717, 1.165) is 64.6 Å². The van der Waals surface area contributed by atoms with Gasteiger partial charge in [-0.15, -0.1) is 0 Å². The second kappa shape index (κ2) is 16.0. The molecule has 0 amide bonds. The summed E-state index contributed by atoms with van der Waals surface area (Å²) in [6, 6.07) is 15.7. The number of fused-ring (bicyclic) bond motifs is 2. The summed E-state index contributed by atoms with van der Waals surface area (Å²) in [7, 11) is 6.40. The fourth-order valence-corrected chi connectivity index (χ4v) is 5.17. The lowest BCUT2D eigenvalue weighted by Crippen LogP contribution is -2.02. The van der Waals surface area contributed by atoms with Crippen molar-refractivity contribution in [3.05, 3.63) is 68.6 Å². The Hall–Kier alpha value is -2.60. The van der Waals surface area contributed by atoms with Crippen LogP contribution in [0.5, 0.6) is 23.0 Å². The molecular weight excluding hydrogens is 648 g/mol. The van der Waals surface area contributed by atoms with Crippen LogP contribution in [0.15, 0.2) is 57.5 Å². The summed E-state index contributed by atoms with van der Waals surface area (Å²) in [5, 5.41) is 4.35. The number of hydrogen-bond acceptors (Lipinski definition) is 8. The van der Waals surface area contributed by atoms with Crippen molar-refractivity contribution < 1.29 is 37.9 Å². The number of hydrogen-bond donors (Lipinski definition) is 0. The zero-order valence-corrected chi connectivity index (χ0v) is 26.6. The molecule has 0 saturated carbocycles. The van der Waals surface area contributed by atoms with Gasteiger partial charge >= 0.3 is 0 Å². The standard InChI is InChI=1S/C16H20O4.C14H14Br2O4/c1-11-13-5-8-16(20-10-18-4)12(2)14(13)6-7-15(11)19-9-17-3;1-17-7-19-11-5-3-10-9(13(11)15)4-6-12(14(10)16)20-8-18-2/h5-8H,9-10H2,1-4H3;3-6H,7-8H2,1-2H3. The molecular formula is C30H34Br2O8. The molecule has 0 aliphatic heterocycles. The van der Waals surface area contributed by atoms with Crippen LogP contribution >= 0.6 is 31.9 Å². The van der Waals surface area contributed by atoms with Crippen LogP contribution < -0.4 is 18.9 Å². The van der Waals surface area contributed by atoms with E-state index in [1.165, 1.54) is 0 Å². The molecule has 0 aliphatic rings. The monoisotopic (exact) mass is 680 g/mol. The van der Waals surface area contributed by atoms with Gasteiger partial charge in [0.05, 0.1) is 8.95 Å². The Morgan fingerprint density at radius 3 is 1.02 bits per heavy atom. The Balaban J connectivity index is 0.000000220. The molecule has 0 N–H and O–H groups in total. The fraction of sp³-hybridized carbons (Fsp3) is 0.333. The van der Waals surface area contributed by atoms with Crippen molar-refractivity contribution in [2.24, 2.45) is 0 Å². The summed E-state index contributed by atoms with van der Waals surface area (Å²) in [6.45, 7) is 5.01. The van der Waals surface area contributed by atoms with E-state index < -0.39 is 0 Å². The van der Waals surface area contributed by atoms with Gasteiger partial charge in [-0.1, -0.05) is 12.1 Å². The molecule has 0 bridgehead atoms. The third-order valence-corrected chi connectivity index (χ3v) is 7.60. The second-order valence-electron chi connectivity index (χ2n) is 8.53. The van der Waals surface area contributed by atoms with Gasteiger partial charge in [0.2, 0.25) is 0 Å². The molecule has 40 heavy (non-hydrogen) atoms. The lowest BCUT2D eigenvalue weighted by atomic mass is 10.00. The summed E-state index contributed by atoms with van der Waals surface area (Å²) in [5.74, 6) is 3.14. The maximum Gasteiger partial charge on any atom is 0.188 e. The van der Waals surface area contributed by atoms with Crippen molar-refractivity contribution in [2.45, 2.75) is 13.8 Å². The topological polar surface area (TPSA) is 73.8 Å². The van der Waals surface area contributed by atoms with Crippen LogP contribution in [0.1, 0.15) is 11.1 Å². The third-order valence-electron chi connectivity index (χ3n) is 5.97. The smallest absolute Gasteiger partial charge is 0.188 e. The molecule has 0 atom stereocenters. The van der Waals surface area contributed by atoms with Crippen LogP contribution in [0.25, 0.3) is 21.5 Å².